The second kappa shape index (κ2) is 5.71. The molecule has 1 unspecified atom stereocenters. The van der Waals surface area contributed by atoms with E-state index in [0.717, 1.165) is 28.6 Å². The van der Waals surface area contributed by atoms with Crippen molar-refractivity contribution in [3.63, 3.8) is 0 Å². The fourth-order valence-electron chi connectivity index (χ4n) is 2.23. The fourth-order valence-corrected chi connectivity index (χ4v) is 2.75. The largest absolute Gasteiger partial charge is 0.493 e. The Morgan fingerprint density at radius 3 is 3.00 bits per heavy atom. The number of benzene rings is 1. The van der Waals surface area contributed by atoms with E-state index in [9.17, 15) is 4.79 Å². The monoisotopic (exact) mass is 312 g/mol. The molecule has 5 heteroatoms. The van der Waals surface area contributed by atoms with Crippen molar-refractivity contribution in [2.75, 3.05) is 6.61 Å². The number of fused-ring (bicyclic) bond motifs is 1. The van der Waals surface area contributed by atoms with Crippen LogP contribution < -0.4 is 16.2 Å². The van der Waals surface area contributed by atoms with Gasteiger partial charge in [0.2, 0.25) is 5.91 Å². The number of ether oxygens (including phenoxy) is 1. The van der Waals surface area contributed by atoms with Gasteiger partial charge in [-0.25, -0.2) is 0 Å². The first-order valence-corrected chi connectivity index (χ1v) is 6.86. The van der Waals surface area contributed by atoms with Gasteiger partial charge < -0.3 is 16.2 Å². The topological polar surface area (TPSA) is 78.3 Å². The highest BCUT2D eigenvalue weighted by molar-refractivity contribution is 9.10. The van der Waals surface area contributed by atoms with Crippen molar-refractivity contribution in [1.29, 1.82) is 0 Å². The predicted octanol–water partition coefficient (Wildman–Crippen LogP) is 2.04. The Balaban J connectivity index is 2.10. The van der Waals surface area contributed by atoms with Crippen LogP contribution in [0.1, 0.15) is 36.4 Å². The van der Waals surface area contributed by atoms with Crippen molar-refractivity contribution in [2.45, 2.75) is 31.7 Å². The highest BCUT2D eigenvalue weighted by atomic mass is 79.9. The van der Waals surface area contributed by atoms with Gasteiger partial charge in [-0.1, -0.05) is 15.9 Å². The summed E-state index contributed by atoms with van der Waals surface area (Å²) in [5.41, 5.74) is 13.5. The van der Waals surface area contributed by atoms with Gasteiger partial charge in [-0.3, -0.25) is 4.79 Å². The number of rotatable bonds is 5. The molecular formula is C13H17BrN2O2. The molecule has 0 saturated heterocycles. The Labute approximate surface area is 115 Å². The lowest BCUT2D eigenvalue weighted by molar-refractivity contribution is -0.118. The summed E-state index contributed by atoms with van der Waals surface area (Å²) in [7, 11) is 0. The van der Waals surface area contributed by atoms with Gasteiger partial charge in [-0.05, 0) is 30.5 Å². The van der Waals surface area contributed by atoms with Gasteiger partial charge >= 0.3 is 0 Å². The molecule has 1 aliphatic rings. The molecule has 0 radical (unpaired) electrons. The molecule has 18 heavy (non-hydrogen) atoms. The molecule has 0 bridgehead atoms. The second-order valence-electron chi connectivity index (χ2n) is 4.55. The Morgan fingerprint density at radius 2 is 2.28 bits per heavy atom. The van der Waals surface area contributed by atoms with Crippen LogP contribution in [0.4, 0.5) is 0 Å². The number of nitrogens with two attached hydrogens (primary N) is 2. The third-order valence-electron chi connectivity index (χ3n) is 3.11. The summed E-state index contributed by atoms with van der Waals surface area (Å²) in [5.74, 6) is 0.641. The van der Waals surface area contributed by atoms with Gasteiger partial charge in [-0.15, -0.1) is 0 Å². The quantitative estimate of drug-likeness (QED) is 0.873. The molecule has 1 amide bonds. The minimum absolute atomic E-state index is 0.117. The molecule has 0 saturated carbocycles. The number of halogens is 1. The maximum Gasteiger partial charge on any atom is 0.217 e. The van der Waals surface area contributed by atoms with Crippen molar-refractivity contribution in [3.8, 4) is 5.75 Å². The van der Waals surface area contributed by atoms with Crippen LogP contribution in [0.2, 0.25) is 0 Å². The lowest BCUT2D eigenvalue weighted by Crippen LogP contribution is -2.14. The molecule has 1 aromatic carbocycles. The van der Waals surface area contributed by atoms with Gasteiger partial charge in [-0.2, -0.15) is 0 Å². The van der Waals surface area contributed by atoms with Crippen molar-refractivity contribution in [3.05, 3.63) is 27.7 Å². The average Bonchev–Trinajstić information content (AvgIpc) is 2.74. The Bertz CT molecular complexity index is 463. The molecule has 4 N–H and O–H groups in total. The van der Waals surface area contributed by atoms with Crippen LogP contribution in [-0.4, -0.2) is 12.5 Å². The number of carbonyl (C=O) groups is 1. The smallest absolute Gasteiger partial charge is 0.217 e. The molecule has 98 valence electrons. The highest BCUT2D eigenvalue weighted by Gasteiger charge is 2.21. The minimum atomic E-state index is -0.280. The van der Waals surface area contributed by atoms with E-state index < -0.39 is 0 Å². The van der Waals surface area contributed by atoms with E-state index in [0.29, 0.717) is 19.4 Å². The van der Waals surface area contributed by atoms with Crippen LogP contribution >= 0.6 is 15.9 Å². The molecular weight excluding hydrogens is 296 g/mol. The summed E-state index contributed by atoms with van der Waals surface area (Å²) in [5, 5.41) is 0. The Hall–Kier alpha value is -1.07. The molecule has 0 aliphatic carbocycles. The summed E-state index contributed by atoms with van der Waals surface area (Å²) in [6, 6.07) is 3.95. The van der Waals surface area contributed by atoms with Crippen LogP contribution in [0.15, 0.2) is 16.6 Å². The Morgan fingerprint density at radius 1 is 1.50 bits per heavy atom. The van der Waals surface area contributed by atoms with Crippen molar-refractivity contribution in [1.82, 2.24) is 0 Å². The number of carbonyl (C=O) groups excluding carboxylic acids is 1. The molecule has 2 rings (SSSR count). The fraction of sp³-hybridized carbons (Fsp3) is 0.462. The molecule has 0 aromatic heterocycles. The lowest BCUT2D eigenvalue weighted by atomic mass is 9.98. The van der Waals surface area contributed by atoms with Crippen molar-refractivity contribution >= 4 is 21.8 Å². The summed E-state index contributed by atoms with van der Waals surface area (Å²) in [4.78, 5) is 10.7. The number of hydrogen-bond donors (Lipinski definition) is 2. The standard InChI is InChI=1S/C13H17BrN2O2/c14-9-6-8-4-5-18-13(8)10(7-9)11(15)2-1-3-12(16)17/h6-7,11H,1-5,15H2,(H2,16,17). The van der Waals surface area contributed by atoms with Crippen molar-refractivity contribution in [2.24, 2.45) is 11.5 Å². The molecule has 4 nitrogen and oxygen atoms in total. The number of primary amides is 1. The number of amides is 1. The first kappa shape index (κ1) is 13.4. The van der Waals surface area contributed by atoms with Gasteiger partial charge in [0.15, 0.2) is 0 Å². The predicted molar refractivity (Wildman–Crippen MR) is 73.3 cm³/mol. The first-order valence-electron chi connectivity index (χ1n) is 6.07. The van der Waals surface area contributed by atoms with E-state index in [2.05, 4.69) is 22.0 Å². The van der Waals surface area contributed by atoms with Gasteiger partial charge in [0.25, 0.3) is 0 Å². The number of hydrogen-bond acceptors (Lipinski definition) is 3. The van der Waals surface area contributed by atoms with Crippen LogP contribution in [0.5, 0.6) is 5.75 Å². The summed E-state index contributed by atoms with van der Waals surface area (Å²) in [6.45, 7) is 0.715. The summed E-state index contributed by atoms with van der Waals surface area (Å²) >= 11 is 3.49. The van der Waals surface area contributed by atoms with Crippen molar-refractivity contribution < 1.29 is 9.53 Å². The minimum Gasteiger partial charge on any atom is -0.493 e. The van der Waals surface area contributed by atoms with E-state index in [1.807, 2.05) is 6.07 Å². The van der Waals surface area contributed by atoms with Crippen LogP contribution in [0.3, 0.4) is 0 Å². The zero-order valence-electron chi connectivity index (χ0n) is 10.1. The lowest BCUT2D eigenvalue weighted by Gasteiger charge is -2.15. The molecule has 1 atom stereocenters. The summed E-state index contributed by atoms with van der Waals surface area (Å²) in [6.07, 6.45) is 2.74. The van der Waals surface area contributed by atoms with Crippen LogP contribution in [-0.2, 0) is 11.2 Å². The Kier molecular flexibility index (Phi) is 4.24. The second-order valence-corrected chi connectivity index (χ2v) is 5.46. The van der Waals surface area contributed by atoms with E-state index in [4.69, 9.17) is 16.2 Å². The zero-order chi connectivity index (χ0) is 13.1. The SMILES string of the molecule is NC(=O)CCCC(N)c1cc(Br)cc2c1OCC2. The van der Waals surface area contributed by atoms with Crippen LogP contribution in [0, 0.1) is 0 Å². The van der Waals surface area contributed by atoms with E-state index >= 15 is 0 Å². The molecule has 0 fully saturated rings. The average molecular weight is 313 g/mol. The van der Waals surface area contributed by atoms with Gasteiger partial charge in [0.1, 0.15) is 5.75 Å². The van der Waals surface area contributed by atoms with E-state index in [-0.39, 0.29) is 11.9 Å². The van der Waals surface area contributed by atoms with Gasteiger partial charge in [0.05, 0.1) is 6.61 Å². The third kappa shape index (κ3) is 3.03. The summed E-state index contributed by atoms with van der Waals surface area (Å²) < 4.78 is 6.66. The third-order valence-corrected chi connectivity index (χ3v) is 3.57. The molecule has 1 heterocycles. The molecule has 1 aromatic rings. The zero-order valence-corrected chi connectivity index (χ0v) is 11.7. The highest BCUT2D eigenvalue weighted by Crippen LogP contribution is 2.37. The van der Waals surface area contributed by atoms with E-state index in [1.165, 1.54) is 5.56 Å². The van der Waals surface area contributed by atoms with Gasteiger partial charge in [0, 0.05) is 28.9 Å². The first-order chi connectivity index (χ1) is 8.58. The maximum absolute atomic E-state index is 10.7. The normalized spacial score (nSPS) is 15.0. The van der Waals surface area contributed by atoms with E-state index in [1.54, 1.807) is 0 Å². The molecule has 1 aliphatic heterocycles. The maximum atomic E-state index is 10.7. The molecule has 0 spiro atoms. The van der Waals surface area contributed by atoms with Crippen LogP contribution in [0.25, 0.3) is 0 Å².